The first kappa shape index (κ1) is 20.2. The number of hydrogen-bond donors (Lipinski definition) is 2. The summed E-state index contributed by atoms with van der Waals surface area (Å²) in [6, 6.07) is 9.34. The van der Waals surface area contributed by atoms with Gasteiger partial charge in [-0.25, -0.2) is 18.2 Å². The third-order valence-electron chi connectivity index (χ3n) is 3.55. The summed E-state index contributed by atoms with van der Waals surface area (Å²) in [5.41, 5.74) is 0.414. The fourth-order valence-corrected chi connectivity index (χ4v) is 4.14. The normalized spacial score (nSPS) is 10.8. The highest BCUT2D eigenvalue weighted by Crippen LogP contribution is 2.24. The Bertz CT molecular complexity index is 993. The molecule has 2 N–H and O–H groups in total. The number of rotatable bonds is 7. The van der Waals surface area contributed by atoms with E-state index in [9.17, 15) is 22.8 Å². The number of thioether (sulfide) groups is 1. The van der Waals surface area contributed by atoms with Crippen LogP contribution in [-0.4, -0.2) is 29.1 Å². The lowest BCUT2D eigenvalue weighted by molar-refractivity contribution is -0.122. The first-order valence-electron chi connectivity index (χ1n) is 8.06. The van der Waals surface area contributed by atoms with E-state index in [0.29, 0.717) is 11.8 Å². The predicted octanol–water partition coefficient (Wildman–Crippen LogP) is 3.70. The molecule has 0 bridgehead atoms. The zero-order valence-electron chi connectivity index (χ0n) is 14.3. The lowest BCUT2D eigenvalue weighted by atomic mass is 10.2. The van der Waals surface area contributed by atoms with Gasteiger partial charge in [0.2, 0.25) is 11.8 Å². The molecule has 0 atom stereocenters. The fraction of sp³-hybridized carbons (Fsp3) is 0.167. The van der Waals surface area contributed by atoms with Crippen molar-refractivity contribution in [3.05, 3.63) is 58.9 Å². The Labute approximate surface area is 166 Å². The molecule has 2 aromatic carbocycles. The molecule has 5 nitrogen and oxygen atoms in total. The molecule has 28 heavy (non-hydrogen) atoms. The van der Waals surface area contributed by atoms with Crippen LogP contribution in [0.2, 0.25) is 0 Å². The van der Waals surface area contributed by atoms with Crippen molar-refractivity contribution >= 4 is 50.8 Å². The Balaban J connectivity index is 1.41. The van der Waals surface area contributed by atoms with Crippen LogP contribution in [0.5, 0.6) is 0 Å². The lowest BCUT2D eigenvalue weighted by Crippen LogP contribution is -2.34. The number of benzene rings is 2. The van der Waals surface area contributed by atoms with Gasteiger partial charge in [0.15, 0.2) is 17.5 Å². The summed E-state index contributed by atoms with van der Waals surface area (Å²) in [6.07, 6.45) is 0. The van der Waals surface area contributed by atoms with E-state index in [1.165, 1.54) is 11.8 Å². The van der Waals surface area contributed by atoms with E-state index in [2.05, 4.69) is 15.6 Å². The van der Waals surface area contributed by atoms with Gasteiger partial charge in [0.1, 0.15) is 5.01 Å². The van der Waals surface area contributed by atoms with E-state index in [1.54, 1.807) is 11.3 Å². The van der Waals surface area contributed by atoms with Crippen LogP contribution in [0.3, 0.4) is 0 Å². The number of anilines is 1. The summed E-state index contributed by atoms with van der Waals surface area (Å²) < 4.78 is 40.6. The lowest BCUT2D eigenvalue weighted by Gasteiger charge is -2.08. The number of amides is 2. The molecule has 3 rings (SSSR count). The van der Waals surface area contributed by atoms with Gasteiger partial charge < -0.3 is 10.6 Å². The highest BCUT2D eigenvalue weighted by atomic mass is 32.2. The van der Waals surface area contributed by atoms with Gasteiger partial charge >= 0.3 is 0 Å². The smallest absolute Gasteiger partial charge is 0.243 e. The average Bonchev–Trinajstić information content (AvgIpc) is 3.09. The predicted molar refractivity (Wildman–Crippen MR) is 104 cm³/mol. The average molecular weight is 425 g/mol. The van der Waals surface area contributed by atoms with Gasteiger partial charge in [0.05, 0.1) is 28.2 Å². The Morgan fingerprint density at radius 2 is 1.82 bits per heavy atom. The van der Waals surface area contributed by atoms with Gasteiger partial charge in [-0.15, -0.1) is 23.1 Å². The maximum absolute atomic E-state index is 13.5. The van der Waals surface area contributed by atoms with E-state index < -0.39 is 35.6 Å². The topological polar surface area (TPSA) is 71.1 Å². The van der Waals surface area contributed by atoms with Gasteiger partial charge in [-0.1, -0.05) is 12.1 Å². The Hall–Kier alpha value is -2.59. The summed E-state index contributed by atoms with van der Waals surface area (Å²) >= 11 is 2.90. The molecule has 0 aliphatic carbocycles. The Morgan fingerprint density at radius 3 is 2.61 bits per heavy atom. The fourth-order valence-electron chi connectivity index (χ4n) is 2.26. The molecule has 3 aromatic rings. The summed E-state index contributed by atoms with van der Waals surface area (Å²) in [7, 11) is 0. The second-order valence-corrected chi connectivity index (χ2v) is 7.72. The van der Waals surface area contributed by atoms with E-state index in [0.717, 1.165) is 21.3 Å². The van der Waals surface area contributed by atoms with Crippen LogP contribution in [0.1, 0.15) is 5.01 Å². The molecule has 0 spiro atoms. The largest absolute Gasteiger partial charge is 0.346 e. The maximum Gasteiger partial charge on any atom is 0.243 e. The number of aromatic nitrogens is 1. The quantitative estimate of drug-likeness (QED) is 0.567. The number of para-hydroxylation sites is 1. The molecular weight excluding hydrogens is 411 g/mol. The number of carbonyl (C=O) groups is 2. The van der Waals surface area contributed by atoms with E-state index in [4.69, 9.17) is 0 Å². The van der Waals surface area contributed by atoms with Crippen LogP contribution >= 0.6 is 23.1 Å². The van der Waals surface area contributed by atoms with Gasteiger partial charge in [-0.2, -0.15) is 0 Å². The highest BCUT2D eigenvalue weighted by Gasteiger charge is 2.15. The number of nitrogens with one attached hydrogen (secondary N) is 2. The first-order valence-corrected chi connectivity index (χ1v) is 10.0. The minimum atomic E-state index is -1.67. The van der Waals surface area contributed by atoms with Crippen molar-refractivity contribution in [1.29, 1.82) is 0 Å². The number of carbonyl (C=O) groups excluding carboxylic acids is 2. The molecule has 2 amide bonds. The van der Waals surface area contributed by atoms with Gasteiger partial charge in [-0.05, 0) is 24.3 Å². The molecule has 0 saturated carbocycles. The van der Waals surface area contributed by atoms with E-state index in [1.807, 2.05) is 24.3 Å². The number of halogens is 3. The van der Waals surface area contributed by atoms with Crippen molar-refractivity contribution in [2.45, 2.75) is 5.75 Å². The third kappa shape index (κ3) is 5.02. The van der Waals surface area contributed by atoms with E-state index >= 15 is 0 Å². The number of nitrogens with zero attached hydrogens (tertiary/aromatic N) is 1. The minimum Gasteiger partial charge on any atom is -0.346 e. The molecule has 0 fully saturated rings. The van der Waals surface area contributed by atoms with Crippen molar-refractivity contribution in [3.63, 3.8) is 0 Å². The number of fused-ring (bicyclic) bond motifs is 1. The molecule has 1 aromatic heterocycles. The van der Waals surface area contributed by atoms with Crippen LogP contribution in [0.25, 0.3) is 10.2 Å². The summed E-state index contributed by atoms with van der Waals surface area (Å²) in [4.78, 5) is 28.0. The summed E-state index contributed by atoms with van der Waals surface area (Å²) in [5, 5.41) is 5.36. The standard InChI is InChI=1S/C18H14F3N3O2S2/c19-10-5-6-12(18(21)17(10)20)23-14(25)7-22-15(26)8-27-9-16-24-11-3-1-2-4-13(11)28-16/h1-6H,7-9H2,(H,22,26)(H,23,25). The van der Waals surface area contributed by atoms with Crippen molar-refractivity contribution in [3.8, 4) is 0 Å². The third-order valence-corrected chi connectivity index (χ3v) is 5.72. The maximum atomic E-state index is 13.5. The second kappa shape index (κ2) is 9.07. The van der Waals surface area contributed by atoms with Gasteiger partial charge in [0, 0.05) is 5.75 Å². The SMILES string of the molecule is O=C(CSCc1nc2ccccc2s1)NCC(=O)Nc1ccc(F)c(F)c1F. The second-order valence-electron chi connectivity index (χ2n) is 5.62. The summed E-state index contributed by atoms with van der Waals surface area (Å²) in [5.74, 6) is -4.99. The Morgan fingerprint density at radius 1 is 1.04 bits per heavy atom. The van der Waals surface area contributed by atoms with Crippen molar-refractivity contribution in [2.75, 3.05) is 17.6 Å². The first-order chi connectivity index (χ1) is 13.4. The minimum absolute atomic E-state index is 0.114. The van der Waals surface area contributed by atoms with Gasteiger partial charge in [-0.3, -0.25) is 9.59 Å². The number of hydrogen-bond acceptors (Lipinski definition) is 5. The number of thiazole rings is 1. The zero-order chi connectivity index (χ0) is 20.1. The Kier molecular flexibility index (Phi) is 6.53. The van der Waals surface area contributed by atoms with Crippen LogP contribution in [-0.2, 0) is 15.3 Å². The monoisotopic (exact) mass is 425 g/mol. The molecule has 0 saturated heterocycles. The molecule has 1 heterocycles. The molecule has 10 heteroatoms. The molecule has 146 valence electrons. The zero-order valence-corrected chi connectivity index (χ0v) is 15.9. The van der Waals surface area contributed by atoms with Crippen LogP contribution in [0, 0.1) is 17.5 Å². The van der Waals surface area contributed by atoms with Crippen LogP contribution in [0.15, 0.2) is 36.4 Å². The van der Waals surface area contributed by atoms with Crippen molar-refractivity contribution in [2.24, 2.45) is 0 Å². The molecule has 0 radical (unpaired) electrons. The summed E-state index contributed by atoms with van der Waals surface area (Å²) in [6.45, 7) is -0.418. The van der Waals surface area contributed by atoms with Crippen LogP contribution in [0.4, 0.5) is 18.9 Å². The molecule has 0 aliphatic rings. The van der Waals surface area contributed by atoms with Crippen LogP contribution < -0.4 is 10.6 Å². The molecular formula is C18H14F3N3O2S2. The highest BCUT2D eigenvalue weighted by molar-refractivity contribution is 7.99. The van der Waals surface area contributed by atoms with Crippen molar-refractivity contribution < 1.29 is 22.8 Å². The van der Waals surface area contributed by atoms with Crippen molar-refractivity contribution in [1.82, 2.24) is 10.3 Å². The molecule has 0 unspecified atom stereocenters. The van der Waals surface area contributed by atoms with Gasteiger partial charge in [0.25, 0.3) is 0 Å². The van der Waals surface area contributed by atoms with E-state index in [-0.39, 0.29) is 11.7 Å². The molecule has 0 aliphatic heterocycles.